The van der Waals surface area contributed by atoms with Crippen LogP contribution in [0.5, 0.6) is 0 Å². The Morgan fingerprint density at radius 3 is 2.47 bits per heavy atom. The van der Waals surface area contributed by atoms with Gasteiger partial charge < -0.3 is 14.4 Å². The van der Waals surface area contributed by atoms with Crippen LogP contribution in [-0.2, 0) is 14.1 Å². The van der Waals surface area contributed by atoms with Gasteiger partial charge in [0.15, 0.2) is 0 Å². The first-order valence-corrected chi connectivity index (χ1v) is 7.08. The van der Waals surface area contributed by atoms with Crippen LogP contribution < -0.4 is 0 Å². The summed E-state index contributed by atoms with van der Waals surface area (Å²) in [5, 5.41) is 8.62. The maximum Gasteiger partial charge on any atom is 0.306 e. The summed E-state index contributed by atoms with van der Waals surface area (Å²) in [5.74, 6) is -0.914. The quantitative estimate of drug-likeness (QED) is 0.516. The summed E-state index contributed by atoms with van der Waals surface area (Å²) < 4.78 is 16.7. The van der Waals surface area contributed by atoms with E-state index >= 15 is 0 Å². The molecule has 0 aromatic heterocycles. The molecule has 0 fully saturated rings. The van der Waals surface area contributed by atoms with Crippen LogP contribution >= 0.6 is 7.80 Å². The van der Waals surface area contributed by atoms with E-state index in [9.17, 15) is 9.36 Å². The van der Waals surface area contributed by atoms with E-state index in [0.717, 1.165) is 0 Å². The van der Waals surface area contributed by atoms with Crippen LogP contribution in [0.3, 0.4) is 0 Å². The Labute approximate surface area is 91.8 Å². The lowest BCUT2D eigenvalue weighted by Gasteiger charge is -2.08. The van der Waals surface area contributed by atoms with Crippen molar-refractivity contribution in [3.63, 3.8) is 0 Å². The minimum absolute atomic E-state index is 0.283. The molecule has 5 heteroatoms. The fourth-order valence-electron chi connectivity index (χ4n) is 1.04. The van der Waals surface area contributed by atoms with Gasteiger partial charge >= 0.3 is 5.97 Å². The first-order chi connectivity index (χ1) is 6.93. The number of carbonyl (C=O) groups is 1. The highest BCUT2D eigenvalue weighted by Crippen LogP contribution is 2.23. The average molecular weight is 236 g/mol. The smallest absolute Gasteiger partial charge is 0.306 e. The van der Waals surface area contributed by atoms with Crippen molar-refractivity contribution in [2.24, 2.45) is 11.8 Å². The monoisotopic (exact) mass is 236 g/mol. The largest absolute Gasteiger partial charge is 0.481 e. The minimum atomic E-state index is -1.79. The van der Waals surface area contributed by atoms with Crippen molar-refractivity contribution in [3.05, 3.63) is 0 Å². The number of hydrogen-bond acceptors (Lipinski definition) is 3. The molecule has 1 N–H and O–H groups in total. The third-order valence-corrected chi connectivity index (χ3v) is 3.76. The average Bonchev–Trinajstić information content (AvgIpc) is 2.12. The zero-order valence-electron chi connectivity index (χ0n) is 9.66. The molecule has 0 aliphatic heterocycles. The van der Waals surface area contributed by atoms with Crippen molar-refractivity contribution in [1.29, 1.82) is 0 Å². The molecule has 0 aliphatic carbocycles. The Morgan fingerprint density at radius 1 is 1.40 bits per heavy atom. The Bertz CT molecular complexity index is 215. The maximum atomic E-state index is 11.4. The first-order valence-electron chi connectivity index (χ1n) is 5.25. The Hall–Kier alpha value is -0.340. The van der Waals surface area contributed by atoms with Gasteiger partial charge in [0.05, 0.1) is 20.3 Å². The zero-order valence-corrected chi connectivity index (χ0v) is 10.7. The molecule has 4 nitrogen and oxygen atoms in total. The van der Waals surface area contributed by atoms with Crippen molar-refractivity contribution >= 4 is 13.8 Å². The third kappa shape index (κ3) is 8.64. The molecule has 0 aromatic carbocycles. The fourth-order valence-corrected chi connectivity index (χ4v) is 2.47. The second-order valence-electron chi connectivity index (χ2n) is 4.20. The van der Waals surface area contributed by atoms with E-state index in [0.29, 0.717) is 25.3 Å². The van der Waals surface area contributed by atoms with Gasteiger partial charge in [-0.3, -0.25) is 4.79 Å². The van der Waals surface area contributed by atoms with Crippen molar-refractivity contribution in [1.82, 2.24) is 0 Å². The molecule has 90 valence electrons. The van der Waals surface area contributed by atoms with Crippen LogP contribution in [0, 0.1) is 11.8 Å². The highest BCUT2D eigenvalue weighted by Gasteiger charge is 2.14. The van der Waals surface area contributed by atoms with Gasteiger partial charge in [-0.2, -0.15) is 0 Å². The van der Waals surface area contributed by atoms with E-state index in [-0.39, 0.29) is 6.16 Å². The molecule has 0 heterocycles. The Kier molecular flexibility index (Phi) is 7.71. The summed E-state index contributed by atoms with van der Waals surface area (Å²) in [6.07, 6.45) is 0.778. The third-order valence-electron chi connectivity index (χ3n) is 1.93. The summed E-state index contributed by atoms with van der Waals surface area (Å²) in [7, 11) is -1.79. The number of aliphatic carboxylic acids is 1. The van der Waals surface area contributed by atoms with Gasteiger partial charge in [-0.1, -0.05) is 20.8 Å². The van der Waals surface area contributed by atoms with Gasteiger partial charge in [-0.25, -0.2) is 0 Å². The fraction of sp³-hybridized carbons (Fsp3) is 0.900. The number of carboxylic acid groups (broad SMARTS) is 1. The molecule has 0 aliphatic rings. The molecule has 0 radical (unpaired) electrons. The standard InChI is InChI=1S/C10H21O4P/c1-8(2)6-14-4-5-15(13)7-9(3)10(11)12/h8-9,15H,4-7H2,1-3H3,(H,11,12). The lowest BCUT2D eigenvalue weighted by atomic mass is 10.2. The normalized spacial score (nSPS) is 15.2. The molecule has 15 heavy (non-hydrogen) atoms. The van der Waals surface area contributed by atoms with E-state index in [1.165, 1.54) is 0 Å². The predicted octanol–water partition coefficient (Wildman–Crippen LogP) is 1.94. The lowest BCUT2D eigenvalue weighted by Crippen LogP contribution is -2.13. The van der Waals surface area contributed by atoms with Crippen molar-refractivity contribution < 1.29 is 19.2 Å². The van der Waals surface area contributed by atoms with Crippen LogP contribution in [0.1, 0.15) is 20.8 Å². The predicted molar refractivity (Wildman–Crippen MR) is 61.2 cm³/mol. The number of carboxylic acids is 1. The molecule has 0 saturated heterocycles. The van der Waals surface area contributed by atoms with Gasteiger partial charge in [-0.15, -0.1) is 0 Å². The molecule has 2 unspecified atom stereocenters. The maximum absolute atomic E-state index is 11.4. The summed E-state index contributed by atoms with van der Waals surface area (Å²) >= 11 is 0. The van der Waals surface area contributed by atoms with Crippen molar-refractivity contribution in [3.8, 4) is 0 Å². The van der Waals surface area contributed by atoms with Crippen LogP contribution in [0.2, 0.25) is 0 Å². The highest BCUT2D eigenvalue weighted by molar-refractivity contribution is 7.44. The molecule has 0 bridgehead atoms. The van der Waals surface area contributed by atoms with E-state index in [2.05, 4.69) is 13.8 Å². The van der Waals surface area contributed by atoms with Gasteiger partial charge in [0, 0.05) is 18.9 Å². The highest BCUT2D eigenvalue weighted by atomic mass is 31.1. The van der Waals surface area contributed by atoms with Crippen LogP contribution in [0.4, 0.5) is 0 Å². The summed E-state index contributed by atoms with van der Waals surface area (Å²) in [6, 6.07) is 0. The molecular weight excluding hydrogens is 215 g/mol. The number of hydrogen-bond donors (Lipinski definition) is 1. The first kappa shape index (κ1) is 14.7. The second kappa shape index (κ2) is 7.89. The number of rotatable bonds is 8. The van der Waals surface area contributed by atoms with Gasteiger partial charge in [-0.05, 0) is 5.92 Å². The molecule has 0 spiro atoms. The van der Waals surface area contributed by atoms with Gasteiger partial charge in [0.25, 0.3) is 0 Å². The Morgan fingerprint density at radius 2 is 2.00 bits per heavy atom. The van der Waals surface area contributed by atoms with Gasteiger partial charge in [0.2, 0.25) is 0 Å². The van der Waals surface area contributed by atoms with E-state index in [1.807, 2.05) is 0 Å². The van der Waals surface area contributed by atoms with Gasteiger partial charge in [0.1, 0.15) is 0 Å². The van der Waals surface area contributed by atoms with Crippen LogP contribution in [0.25, 0.3) is 0 Å². The molecule has 0 amide bonds. The molecule has 0 saturated carbocycles. The number of ether oxygens (including phenoxy) is 1. The molecule has 0 rings (SSSR count). The Balaban J connectivity index is 3.54. The molecular formula is C10H21O4P. The SMILES string of the molecule is CC(C)COCC[PH](=O)CC(C)C(=O)O. The van der Waals surface area contributed by atoms with Crippen LogP contribution in [0.15, 0.2) is 0 Å². The van der Waals surface area contributed by atoms with E-state index in [4.69, 9.17) is 9.84 Å². The van der Waals surface area contributed by atoms with E-state index < -0.39 is 19.7 Å². The molecule has 2 atom stereocenters. The second-order valence-corrected chi connectivity index (χ2v) is 6.19. The summed E-state index contributed by atoms with van der Waals surface area (Å²) in [5.41, 5.74) is 0. The van der Waals surface area contributed by atoms with Crippen molar-refractivity contribution in [2.75, 3.05) is 25.5 Å². The zero-order chi connectivity index (χ0) is 11.8. The topological polar surface area (TPSA) is 63.6 Å². The summed E-state index contributed by atoms with van der Waals surface area (Å²) in [6.45, 7) is 6.83. The van der Waals surface area contributed by atoms with E-state index in [1.54, 1.807) is 6.92 Å². The van der Waals surface area contributed by atoms with Crippen LogP contribution in [-0.4, -0.2) is 36.6 Å². The molecule has 0 aromatic rings. The lowest BCUT2D eigenvalue weighted by molar-refractivity contribution is -0.140. The van der Waals surface area contributed by atoms with Crippen molar-refractivity contribution in [2.45, 2.75) is 20.8 Å². The summed E-state index contributed by atoms with van der Waals surface area (Å²) in [4.78, 5) is 10.5. The minimum Gasteiger partial charge on any atom is -0.481 e.